The van der Waals surface area contributed by atoms with Gasteiger partial charge in [-0.25, -0.2) is 9.78 Å². The average Bonchev–Trinajstić information content (AvgIpc) is 3.34. The minimum Gasteiger partial charge on any atom is -0.331 e. The van der Waals surface area contributed by atoms with Gasteiger partial charge in [0, 0.05) is 50.2 Å². The standard InChI is InChI=1S/C24H25N5O3/c1-3-14-28-19-6-4-5-7-20(19)29(24(28)32)15-12-21(30)26-18-10-8-17(9-11-18)22(31)23-25-13-16-27(23)2/h4-11,13,16H,3,12,14-15H2,1-2H3,(H,26,30). The minimum atomic E-state index is -0.201. The van der Waals surface area contributed by atoms with Gasteiger partial charge in [0.15, 0.2) is 5.82 Å². The summed E-state index contributed by atoms with van der Waals surface area (Å²) in [5, 5.41) is 2.83. The number of amides is 1. The summed E-state index contributed by atoms with van der Waals surface area (Å²) in [6.45, 7) is 2.96. The van der Waals surface area contributed by atoms with E-state index in [-0.39, 0.29) is 30.3 Å². The van der Waals surface area contributed by atoms with Gasteiger partial charge in [-0.1, -0.05) is 19.1 Å². The molecule has 0 aliphatic rings. The maximum atomic E-state index is 12.8. The molecule has 0 aliphatic heterocycles. The number of hydrogen-bond donors (Lipinski definition) is 1. The van der Waals surface area contributed by atoms with Gasteiger partial charge in [0.25, 0.3) is 0 Å². The number of carbonyl (C=O) groups is 2. The van der Waals surface area contributed by atoms with Crippen molar-refractivity contribution in [3.05, 3.63) is 82.8 Å². The lowest BCUT2D eigenvalue weighted by atomic mass is 10.1. The summed E-state index contributed by atoms with van der Waals surface area (Å²) in [5.41, 5.74) is 2.70. The molecule has 0 aliphatic carbocycles. The van der Waals surface area contributed by atoms with E-state index in [0.29, 0.717) is 23.6 Å². The normalized spacial score (nSPS) is 11.1. The summed E-state index contributed by atoms with van der Waals surface area (Å²) < 4.78 is 5.07. The number of para-hydroxylation sites is 2. The van der Waals surface area contributed by atoms with Crippen molar-refractivity contribution in [2.75, 3.05) is 5.32 Å². The predicted molar refractivity (Wildman–Crippen MR) is 123 cm³/mol. The third-order valence-corrected chi connectivity index (χ3v) is 5.39. The Balaban J connectivity index is 1.43. The first-order chi connectivity index (χ1) is 15.5. The Morgan fingerprint density at radius 3 is 2.22 bits per heavy atom. The maximum Gasteiger partial charge on any atom is 0.329 e. The van der Waals surface area contributed by atoms with Crippen LogP contribution in [0.3, 0.4) is 0 Å². The van der Waals surface area contributed by atoms with Crippen LogP contribution in [0.1, 0.15) is 35.9 Å². The molecule has 8 heteroatoms. The number of aromatic nitrogens is 4. The van der Waals surface area contributed by atoms with Crippen LogP contribution in [0.15, 0.2) is 65.7 Å². The van der Waals surface area contributed by atoms with E-state index in [1.807, 2.05) is 31.2 Å². The van der Waals surface area contributed by atoms with Crippen molar-refractivity contribution in [1.29, 1.82) is 0 Å². The third kappa shape index (κ3) is 4.12. The molecule has 0 saturated carbocycles. The zero-order valence-corrected chi connectivity index (χ0v) is 18.1. The van der Waals surface area contributed by atoms with Gasteiger partial charge < -0.3 is 9.88 Å². The molecule has 0 bridgehead atoms. The molecule has 164 valence electrons. The van der Waals surface area contributed by atoms with Gasteiger partial charge in [-0.2, -0.15) is 0 Å². The molecule has 1 amide bonds. The van der Waals surface area contributed by atoms with Crippen molar-refractivity contribution < 1.29 is 9.59 Å². The molecule has 4 rings (SSSR count). The van der Waals surface area contributed by atoms with E-state index in [1.54, 1.807) is 57.4 Å². The van der Waals surface area contributed by atoms with E-state index in [9.17, 15) is 14.4 Å². The van der Waals surface area contributed by atoms with Gasteiger partial charge in [0.1, 0.15) is 0 Å². The zero-order chi connectivity index (χ0) is 22.7. The largest absolute Gasteiger partial charge is 0.331 e. The van der Waals surface area contributed by atoms with Gasteiger partial charge in [-0.15, -0.1) is 0 Å². The van der Waals surface area contributed by atoms with E-state index < -0.39 is 0 Å². The highest BCUT2D eigenvalue weighted by molar-refractivity contribution is 6.07. The summed E-state index contributed by atoms with van der Waals surface area (Å²) >= 11 is 0. The number of benzene rings is 2. The van der Waals surface area contributed by atoms with Crippen LogP contribution in [-0.2, 0) is 24.9 Å². The van der Waals surface area contributed by atoms with E-state index in [0.717, 1.165) is 17.5 Å². The first kappa shape index (κ1) is 21.3. The van der Waals surface area contributed by atoms with E-state index >= 15 is 0 Å². The molecule has 0 radical (unpaired) electrons. The van der Waals surface area contributed by atoms with Gasteiger partial charge in [0.2, 0.25) is 11.7 Å². The number of hydrogen-bond acceptors (Lipinski definition) is 4. The van der Waals surface area contributed by atoms with Gasteiger partial charge in [-0.3, -0.25) is 18.7 Å². The third-order valence-electron chi connectivity index (χ3n) is 5.39. The summed E-state index contributed by atoms with van der Waals surface area (Å²) in [6, 6.07) is 14.3. The highest BCUT2D eigenvalue weighted by Crippen LogP contribution is 2.15. The summed E-state index contributed by atoms with van der Waals surface area (Å²) in [6.07, 6.45) is 4.31. The molecule has 8 nitrogen and oxygen atoms in total. The number of nitrogens with zero attached hydrogens (tertiary/aromatic N) is 4. The molecule has 0 spiro atoms. The van der Waals surface area contributed by atoms with Crippen LogP contribution in [0.5, 0.6) is 0 Å². The summed E-state index contributed by atoms with van der Waals surface area (Å²) in [5.74, 6) is -0.0277. The zero-order valence-electron chi connectivity index (χ0n) is 18.1. The smallest absolute Gasteiger partial charge is 0.329 e. The predicted octanol–water partition coefficient (Wildman–Crippen LogP) is 3.21. The Labute approximate surface area is 185 Å². The molecule has 2 heterocycles. The summed E-state index contributed by atoms with van der Waals surface area (Å²) in [7, 11) is 1.76. The Morgan fingerprint density at radius 2 is 1.62 bits per heavy atom. The second kappa shape index (κ2) is 9.05. The topological polar surface area (TPSA) is 90.9 Å². The number of rotatable bonds is 8. The molecule has 0 unspecified atom stereocenters. The molecule has 1 N–H and O–H groups in total. The number of fused-ring (bicyclic) bond motifs is 1. The average molecular weight is 431 g/mol. The fourth-order valence-electron chi connectivity index (χ4n) is 3.78. The van der Waals surface area contributed by atoms with Crippen LogP contribution in [0, 0.1) is 0 Å². The lowest BCUT2D eigenvalue weighted by Crippen LogP contribution is -2.26. The lowest BCUT2D eigenvalue weighted by Gasteiger charge is -2.07. The highest BCUT2D eigenvalue weighted by atomic mass is 16.2. The molecular formula is C24H25N5O3. The van der Waals surface area contributed by atoms with E-state index in [1.165, 1.54) is 0 Å². The molecule has 0 fully saturated rings. The quantitative estimate of drug-likeness (QED) is 0.434. The number of nitrogens with one attached hydrogen (secondary N) is 1. The second-order valence-electron chi connectivity index (χ2n) is 7.64. The van der Waals surface area contributed by atoms with Gasteiger partial charge >= 0.3 is 5.69 Å². The fraction of sp³-hybridized carbons (Fsp3) is 0.250. The van der Waals surface area contributed by atoms with E-state index in [2.05, 4.69) is 10.3 Å². The molecule has 4 aromatic rings. The minimum absolute atomic E-state index is 0.0991. The first-order valence-electron chi connectivity index (χ1n) is 10.6. The van der Waals surface area contributed by atoms with E-state index in [4.69, 9.17) is 0 Å². The Hall–Kier alpha value is -3.94. The molecule has 2 aromatic heterocycles. The Kier molecular flexibility index (Phi) is 6.02. The van der Waals surface area contributed by atoms with Crippen LogP contribution in [0.4, 0.5) is 5.69 Å². The van der Waals surface area contributed by atoms with Crippen molar-refractivity contribution in [1.82, 2.24) is 18.7 Å². The molecule has 0 atom stereocenters. The first-order valence-corrected chi connectivity index (χ1v) is 10.6. The molecular weight excluding hydrogens is 406 g/mol. The number of carbonyl (C=O) groups excluding carboxylic acids is 2. The van der Waals surface area contributed by atoms with Crippen LogP contribution in [0.25, 0.3) is 11.0 Å². The van der Waals surface area contributed by atoms with Gasteiger partial charge in [0.05, 0.1) is 11.0 Å². The number of anilines is 1. The van der Waals surface area contributed by atoms with Crippen LogP contribution < -0.4 is 11.0 Å². The lowest BCUT2D eigenvalue weighted by molar-refractivity contribution is -0.116. The van der Waals surface area contributed by atoms with Crippen LogP contribution >= 0.6 is 0 Å². The van der Waals surface area contributed by atoms with Crippen molar-refractivity contribution in [2.45, 2.75) is 32.9 Å². The Morgan fingerprint density at radius 1 is 0.969 bits per heavy atom. The van der Waals surface area contributed by atoms with Crippen molar-refractivity contribution >= 4 is 28.4 Å². The molecule has 32 heavy (non-hydrogen) atoms. The molecule has 2 aromatic carbocycles. The SMILES string of the molecule is CCCn1c(=O)n(CCC(=O)Nc2ccc(C(=O)c3nccn3C)cc2)c2ccccc21. The van der Waals surface area contributed by atoms with Crippen molar-refractivity contribution in [2.24, 2.45) is 7.05 Å². The van der Waals surface area contributed by atoms with Crippen molar-refractivity contribution in [3.63, 3.8) is 0 Å². The number of imidazole rings is 2. The van der Waals surface area contributed by atoms with Crippen molar-refractivity contribution in [3.8, 4) is 0 Å². The fourth-order valence-corrected chi connectivity index (χ4v) is 3.78. The van der Waals surface area contributed by atoms with Crippen LogP contribution in [-0.4, -0.2) is 30.4 Å². The highest BCUT2D eigenvalue weighted by Gasteiger charge is 2.15. The Bertz CT molecular complexity index is 1330. The van der Waals surface area contributed by atoms with Gasteiger partial charge in [-0.05, 0) is 42.8 Å². The number of aryl methyl sites for hydroxylation is 3. The monoisotopic (exact) mass is 431 g/mol. The summed E-state index contributed by atoms with van der Waals surface area (Å²) in [4.78, 5) is 41.9. The van der Waals surface area contributed by atoms with Crippen LogP contribution in [0.2, 0.25) is 0 Å². The molecule has 0 saturated heterocycles. The maximum absolute atomic E-state index is 12.8. The number of ketones is 1. The second-order valence-corrected chi connectivity index (χ2v) is 7.64.